The summed E-state index contributed by atoms with van der Waals surface area (Å²) in [5.74, 6) is 0.676. The molecular formula is C40H31N7. The van der Waals surface area contributed by atoms with Crippen molar-refractivity contribution in [1.82, 2.24) is 19.5 Å². The van der Waals surface area contributed by atoms with E-state index in [2.05, 4.69) is 128 Å². The number of aliphatic imine (C=N–C) groups is 1. The summed E-state index contributed by atoms with van der Waals surface area (Å²) in [4.78, 5) is 19.5. The highest BCUT2D eigenvalue weighted by molar-refractivity contribution is 6.16. The molecule has 7 nitrogen and oxygen atoms in total. The molecular weight excluding hydrogens is 578 g/mol. The Balaban J connectivity index is 1.21. The minimum absolute atomic E-state index is 0.559. The number of H-pyrrole nitrogens is 2. The molecule has 0 atom stereocenters. The fourth-order valence-electron chi connectivity index (χ4n) is 7.11. The van der Waals surface area contributed by atoms with Gasteiger partial charge in [0.1, 0.15) is 11.2 Å². The number of nitrogens with one attached hydrogen (secondary N) is 2. The topological polar surface area (TPSA) is 91.0 Å². The van der Waals surface area contributed by atoms with Crippen LogP contribution in [-0.2, 0) is 0 Å². The summed E-state index contributed by atoms with van der Waals surface area (Å²) >= 11 is 0. The lowest BCUT2D eigenvalue weighted by Crippen LogP contribution is -2.16. The monoisotopic (exact) mass is 609 g/mol. The zero-order valence-corrected chi connectivity index (χ0v) is 25.8. The molecule has 5 heterocycles. The summed E-state index contributed by atoms with van der Waals surface area (Å²) in [6.45, 7) is 6.71. The molecule has 4 N–H and O–H groups in total. The van der Waals surface area contributed by atoms with Gasteiger partial charge in [0.15, 0.2) is 5.82 Å². The lowest BCUT2D eigenvalue weighted by Gasteiger charge is -2.19. The second kappa shape index (κ2) is 10.4. The molecule has 0 saturated heterocycles. The van der Waals surface area contributed by atoms with E-state index in [9.17, 15) is 0 Å². The molecule has 4 aromatic carbocycles. The summed E-state index contributed by atoms with van der Waals surface area (Å²) in [6.07, 6.45) is 7.83. The summed E-state index contributed by atoms with van der Waals surface area (Å²) in [7, 11) is 0. The van der Waals surface area contributed by atoms with Crippen LogP contribution in [0.2, 0.25) is 0 Å². The van der Waals surface area contributed by atoms with Crippen molar-refractivity contribution in [3.8, 4) is 5.69 Å². The van der Waals surface area contributed by atoms with Crippen LogP contribution in [0.15, 0.2) is 121 Å². The van der Waals surface area contributed by atoms with Crippen molar-refractivity contribution in [1.29, 1.82) is 0 Å². The van der Waals surface area contributed by atoms with Gasteiger partial charge >= 0.3 is 0 Å². The van der Waals surface area contributed by atoms with Crippen LogP contribution in [0.25, 0.3) is 61.6 Å². The van der Waals surface area contributed by atoms with Gasteiger partial charge in [-0.15, -0.1) is 0 Å². The Labute approximate surface area is 271 Å². The Morgan fingerprint density at radius 1 is 0.830 bits per heavy atom. The van der Waals surface area contributed by atoms with E-state index in [1.165, 1.54) is 5.39 Å². The number of nitrogens with zero attached hydrogens (tertiary/aromatic N) is 4. The first-order chi connectivity index (χ1) is 23.1. The van der Waals surface area contributed by atoms with E-state index < -0.39 is 0 Å². The molecule has 0 radical (unpaired) electrons. The quantitative estimate of drug-likeness (QED) is 0.181. The van der Waals surface area contributed by atoms with Crippen LogP contribution in [0, 0.1) is 0 Å². The fraction of sp³-hybridized carbons (Fsp3) is 0.0500. The molecule has 1 aliphatic heterocycles. The van der Waals surface area contributed by atoms with Crippen LogP contribution in [0.1, 0.15) is 23.7 Å². The Hall–Kier alpha value is -6.34. The van der Waals surface area contributed by atoms with E-state index in [1.54, 1.807) is 6.20 Å². The first-order valence-corrected chi connectivity index (χ1v) is 15.7. The number of fused-ring (bicyclic) bond motifs is 6. The Bertz CT molecular complexity index is 2610. The molecule has 0 spiro atoms. The Morgan fingerprint density at radius 3 is 2.47 bits per heavy atom. The van der Waals surface area contributed by atoms with Crippen molar-refractivity contribution in [2.45, 2.75) is 6.92 Å². The van der Waals surface area contributed by atoms with Crippen molar-refractivity contribution >= 4 is 84.5 Å². The Kier molecular flexibility index (Phi) is 5.95. The highest BCUT2D eigenvalue weighted by Crippen LogP contribution is 2.42. The third-order valence-corrected chi connectivity index (χ3v) is 9.24. The van der Waals surface area contributed by atoms with Crippen molar-refractivity contribution < 1.29 is 0 Å². The number of hydrogen-bond acceptors (Lipinski definition) is 4. The van der Waals surface area contributed by atoms with Gasteiger partial charge in [0.25, 0.3) is 0 Å². The number of anilines is 3. The Morgan fingerprint density at radius 2 is 1.60 bits per heavy atom. The van der Waals surface area contributed by atoms with E-state index in [-0.39, 0.29) is 0 Å². The predicted molar refractivity (Wildman–Crippen MR) is 198 cm³/mol. The second-order valence-corrected chi connectivity index (χ2v) is 11.9. The SMILES string of the molecule is C=Cc1c(/C=C\C)[nH]c2ccc(N3C/C(=N\c4c(N)c5ncccc5n4-c4ccc5[nH]c6ccccc6c5c4)c4ccccc43)cc12. The number of para-hydroxylation sites is 2. The summed E-state index contributed by atoms with van der Waals surface area (Å²) in [5.41, 5.74) is 19.7. The molecule has 0 fully saturated rings. The maximum Gasteiger partial charge on any atom is 0.163 e. The number of rotatable bonds is 5. The maximum absolute atomic E-state index is 6.90. The maximum atomic E-state index is 6.90. The van der Waals surface area contributed by atoms with Crippen LogP contribution >= 0.6 is 0 Å². The van der Waals surface area contributed by atoms with E-state index in [1.807, 2.05) is 25.1 Å². The van der Waals surface area contributed by atoms with Crippen molar-refractivity contribution in [2.24, 2.45) is 4.99 Å². The molecule has 0 unspecified atom stereocenters. The van der Waals surface area contributed by atoms with E-state index in [4.69, 9.17) is 10.7 Å². The first kappa shape index (κ1) is 27.0. The molecule has 0 aliphatic carbocycles. The van der Waals surface area contributed by atoms with E-state index in [0.717, 1.165) is 78.0 Å². The van der Waals surface area contributed by atoms with Crippen LogP contribution < -0.4 is 10.6 Å². The molecule has 47 heavy (non-hydrogen) atoms. The molecule has 0 bridgehead atoms. The molecule has 4 aromatic heterocycles. The summed E-state index contributed by atoms with van der Waals surface area (Å²) in [6, 6.07) is 33.8. The third-order valence-electron chi connectivity index (χ3n) is 9.24. The smallest absolute Gasteiger partial charge is 0.163 e. The second-order valence-electron chi connectivity index (χ2n) is 11.9. The number of nitrogens with two attached hydrogens (primary N) is 1. The third kappa shape index (κ3) is 4.06. The lowest BCUT2D eigenvalue weighted by molar-refractivity contribution is 1.11. The highest BCUT2D eigenvalue weighted by atomic mass is 15.2. The summed E-state index contributed by atoms with van der Waals surface area (Å²) in [5, 5.41) is 3.46. The van der Waals surface area contributed by atoms with Crippen LogP contribution in [-0.4, -0.2) is 31.8 Å². The standard InChI is InChI=1S/C40H31N7/c1-3-10-31-26(4-2)29-21-24(16-18-33(29)43-31)46-23-35(28-12-6-8-14-36(28)46)45-40-38(41)39-37(15-9-20-42-39)47(40)25-17-19-34-30(22-25)27-11-5-7-13-32(27)44-34/h3-22,43-44H,2,23,41H2,1H3/b10-3-,45-35+. The largest absolute Gasteiger partial charge is 0.394 e. The van der Waals surface area contributed by atoms with Crippen molar-refractivity contribution in [3.05, 3.63) is 133 Å². The molecule has 1 aliphatic rings. The number of aromatic nitrogens is 4. The van der Waals surface area contributed by atoms with Gasteiger partial charge in [0, 0.05) is 67.1 Å². The normalized spacial score (nSPS) is 14.1. The van der Waals surface area contributed by atoms with Crippen LogP contribution in [0.5, 0.6) is 0 Å². The highest BCUT2D eigenvalue weighted by Gasteiger charge is 2.28. The number of hydrogen-bond donors (Lipinski definition) is 3. The average Bonchev–Trinajstić information content (AvgIpc) is 3.84. The zero-order chi connectivity index (χ0) is 31.6. The average molecular weight is 610 g/mol. The predicted octanol–water partition coefficient (Wildman–Crippen LogP) is 9.67. The van der Waals surface area contributed by atoms with Gasteiger partial charge in [0.05, 0.1) is 23.5 Å². The minimum Gasteiger partial charge on any atom is -0.394 e. The summed E-state index contributed by atoms with van der Waals surface area (Å²) < 4.78 is 2.14. The number of aromatic amines is 2. The van der Waals surface area contributed by atoms with E-state index >= 15 is 0 Å². The molecule has 0 amide bonds. The van der Waals surface area contributed by atoms with Crippen molar-refractivity contribution in [2.75, 3.05) is 17.2 Å². The van der Waals surface area contributed by atoms with Gasteiger partial charge in [-0.25, -0.2) is 4.99 Å². The molecule has 0 saturated carbocycles. The number of pyridine rings is 1. The van der Waals surface area contributed by atoms with Gasteiger partial charge in [-0.05, 0) is 73.7 Å². The zero-order valence-electron chi connectivity index (χ0n) is 25.8. The minimum atomic E-state index is 0.559. The van der Waals surface area contributed by atoms with Gasteiger partial charge in [-0.1, -0.05) is 55.1 Å². The van der Waals surface area contributed by atoms with Crippen LogP contribution in [0.3, 0.4) is 0 Å². The van der Waals surface area contributed by atoms with Gasteiger partial charge in [-0.2, -0.15) is 0 Å². The molecule has 8 aromatic rings. The number of nitrogen functional groups attached to an aromatic ring is 1. The first-order valence-electron chi connectivity index (χ1n) is 15.7. The van der Waals surface area contributed by atoms with E-state index in [0.29, 0.717) is 18.1 Å². The number of benzene rings is 4. The molecule has 7 heteroatoms. The van der Waals surface area contributed by atoms with Crippen LogP contribution in [0.4, 0.5) is 22.9 Å². The fourth-order valence-corrected chi connectivity index (χ4v) is 7.11. The van der Waals surface area contributed by atoms with Gasteiger partial charge in [0.2, 0.25) is 0 Å². The van der Waals surface area contributed by atoms with Gasteiger partial charge < -0.3 is 20.6 Å². The number of allylic oxidation sites excluding steroid dienone is 1. The lowest BCUT2D eigenvalue weighted by atomic mass is 10.1. The molecule has 226 valence electrons. The van der Waals surface area contributed by atoms with Crippen molar-refractivity contribution in [3.63, 3.8) is 0 Å². The van der Waals surface area contributed by atoms with Gasteiger partial charge in [-0.3, -0.25) is 9.55 Å². The molecule has 9 rings (SSSR count).